The minimum Gasteiger partial charge on any atom is -0.469 e. The second kappa shape index (κ2) is 6.07. The van der Waals surface area contributed by atoms with Crippen molar-refractivity contribution in [2.45, 2.75) is 19.4 Å². The second-order valence-corrected chi connectivity index (χ2v) is 4.63. The molecule has 0 N–H and O–H groups in total. The summed E-state index contributed by atoms with van der Waals surface area (Å²) in [5, 5.41) is 0. The zero-order valence-corrected chi connectivity index (χ0v) is 11.2. The largest absolute Gasteiger partial charge is 0.469 e. The van der Waals surface area contributed by atoms with E-state index in [-0.39, 0.29) is 12.4 Å². The smallest absolute Gasteiger partial charge is 0.109 e. The van der Waals surface area contributed by atoms with Crippen molar-refractivity contribution >= 4 is 12.4 Å². The highest BCUT2D eigenvalue weighted by Gasteiger charge is 2.17. The van der Waals surface area contributed by atoms with Gasteiger partial charge in [0, 0.05) is 31.6 Å². The van der Waals surface area contributed by atoms with Gasteiger partial charge in [0.15, 0.2) is 0 Å². The van der Waals surface area contributed by atoms with E-state index in [1.807, 2.05) is 6.26 Å². The van der Waals surface area contributed by atoms with E-state index in [1.54, 1.807) is 0 Å². The number of halogens is 1. The molecule has 0 aliphatic carbocycles. The van der Waals surface area contributed by atoms with Crippen molar-refractivity contribution in [3.8, 4) is 0 Å². The maximum atomic E-state index is 5.44. The second-order valence-electron chi connectivity index (χ2n) is 4.63. The lowest BCUT2D eigenvalue weighted by Gasteiger charge is -2.25. The summed E-state index contributed by atoms with van der Waals surface area (Å²) in [6.45, 7) is 3.29. The molecule has 0 saturated carbocycles. The maximum absolute atomic E-state index is 5.44. The molecule has 0 unspecified atom stereocenters. The normalized spacial score (nSPS) is 14.9. The number of furan rings is 1. The van der Waals surface area contributed by atoms with Crippen LogP contribution in [0.4, 0.5) is 0 Å². The summed E-state index contributed by atoms with van der Waals surface area (Å²) < 4.78 is 5.44. The van der Waals surface area contributed by atoms with E-state index < -0.39 is 0 Å². The van der Waals surface area contributed by atoms with E-state index in [1.165, 1.54) is 16.9 Å². The molecular weight excluding hydrogens is 246 g/mol. The topological polar surface area (TPSA) is 16.4 Å². The van der Waals surface area contributed by atoms with Gasteiger partial charge < -0.3 is 4.42 Å². The molecule has 2 aromatic rings. The van der Waals surface area contributed by atoms with Crippen LogP contribution in [0.25, 0.3) is 0 Å². The predicted octanol–water partition coefficient (Wildman–Crippen LogP) is 3.30. The molecule has 1 aromatic heterocycles. The average Bonchev–Trinajstić information content (AvgIpc) is 2.85. The molecule has 96 valence electrons. The highest BCUT2D eigenvalue weighted by atomic mass is 35.5. The summed E-state index contributed by atoms with van der Waals surface area (Å²) in [6, 6.07) is 12.8. The molecule has 1 aliphatic heterocycles. The van der Waals surface area contributed by atoms with Crippen LogP contribution in [0.1, 0.15) is 16.9 Å². The predicted molar refractivity (Wildman–Crippen MR) is 75.1 cm³/mol. The monoisotopic (exact) mass is 263 g/mol. The van der Waals surface area contributed by atoms with E-state index in [9.17, 15) is 0 Å². The van der Waals surface area contributed by atoms with Crippen molar-refractivity contribution in [3.63, 3.8) is 0 Å². The summed E-state index contributed by atoms with van der Waals surface area (Å²) >= 11 is 0. The zero-order chi connectivity index (χ0) is 11.5. The van der Waals surface area contributed by atoms with Crippen LogP contribution in [0.5, 0.6) is 0 Å². The average molecular weight is 264 g/mol. The Balaban J connectivity index is 0.00000120. The molecule has 0 atom stereocenters. The molecular formula is C15H18ClNO. The number of benzene rings is 1. The summed E-state index contributed by atoms with van der Waals surface area (Å²) in [4.78, 5) is 2.50. The van der Waals surface area contributed by atoms with Gasteiger partial charge in [-0.05, 0) is 18.1 Å². The van der Waals surface area contributed by atoms with Crippen LogP contribution in [-0.2, 0) is 19.4 Å². The van der Waals surface area contributed by atoms with Crippen molar-refractivity contribution in [3.05, 3.63) is 59.5 Å². The van der Waals surface area contributed by atoms with Crippen molar-refractivity contribution in [1.29, 1.82) is 0 Å². The first kappa shape index (κ1) is 13.2. The lowest BCUT2D eigenvalue weighted by Crippen LogP contribution is -2.31. The summed E-state index contributed by atoms with van der Waals surface area (Å²) in [5.41, 5.74) is 2.79. The molecule has 3 heteroatoms. The lowest BCUT2D eigenvalue weighted by atomic mass is 10.1. The minimum absolute atomic E-state index is 0. The third kappa shape index (κ3) is 2.95. The van der Waals surface area contributed by atoms with Gasteiger partial charge in [-0.1, -0.05) is 30.3 Å². The molecule has 0 spiro atoms. The Bertz CT molecular complexity index is 480. The summed E-state index contributed by atoms with van der Waals surface area (Å²) in [7, 11) is 0. The van der Waals surface area contributed by atoms with Gasteiger partial charge in [0.2, 0.25) is 0 Å². The van der Waals surface area contributed by atoms with Crippen LogP contribution in [0.3, 0.4) is 0 Å². The van der Waals surface area contributed by atoms with Crippen molar-refractivity contribution in [2.75, 3.05) is 13.1 Å². The van der Waals surface area contributed by atoms with E-state index in [0.717, 1.165) is 32.5 Å². The first-order valence-electron chi connectivity index (χ1n) is 6.23. The van der Waals surface area contributed by atoms with Crippen LogP contribution in [0.2, 0.25) is 0 Å². The van der Waals surface area contributed by atoms with E-state index in [4.69, 9.17) is 4.42 Å². The Labute approximate surface area is 114 Å². The SMILES string of the molecule is Cl.c1ccc(CCN2CCc3occc3C2)cc1. The van der Waals surface area contributed by atoms with Crippen LogP contribution in [-0.4, -0.2) is 18.0 Å². The zero-order valence-electron chi connectivity index (χ0n) is 10.3. The van der Waals surface area contributed by atoms with E-state index >= 15 is 0 Å². The maximum Gasteiger partial charge on any atom is 0.109 e. The number of nitrogens with zero attached hydrogens (tertiary/aromatic N) is 1. The highest BCUT2D eigenvalue weighted by Crippen LogP contribution is 2.19. The fourth-order valence-electron chi connectivity index (χ4n) is 2.43. The molecule has 1 aromatic carbocycles. The van der Waals surface area contributed by atoms with Crippen LogP contribution >= 0.6 is 12.4 Å². The Hall–Kier alpha value is -1.25. The quantitative estimate of drug-likeness (QED) is 0.845. The van der Waals surface area contributed by atoms with Crippen LogP contribution in [0, 0.1) is 0 Å². The fourth-order valence-corrected chi connectivity index (χ4v) is 2.43. The molecule has 18 heavy (non-hydrogen) atoms. The molecule has 1 aliphatic rings. The van der Waals surface area contributed by atoms with Gasteiger partial charge >= 0.3 is 0 Å². The third-order valence-electron chi connectivity index (χ3n) is 3.45. The van der Waals surface area contributed by atoms with Crippen LogP contribution in [0.15, 0.2) is 47.1 Å². The molecule has 0 radical (unpaired) electrons. The highest BCUT2D eigenvalue weighted by molar-refractivity contribution is 5.85. The lowest BCUT2D eigenvalue weighted by molar-refractivity contribution is 0.245. The molecule has 0 saturated heterocycles. The number of rotatable bonds is 3. The van der Waals surface area contributed by atoms with Gasteiger partial charge in [-0.25, -0.2) is 0 Å². The third-order valence-corrected chi connectivity index (χ3v) is 3.45. The number of hydrogen-bond donors (Lipinski definition) is 0. The standard InChI is InChI=1S/C15H17NO.ClH/c1-2-4-13(5-3-1)6-9-16-10-7-15-14(12-16)8-11-17-15;/h1-5,8,11H,6-7,9-10,12H2;1H. The molecule has 0 fully saturated rings. The van der Waals surface area contributed by atoms with Crippen molar-refractivity contribution < 1.29 is 4.42 Å². The molecule has 0 amide bonds. The van der Waals surface area contributed by atoms with Crippen LogP contribution < -0.4 is 0 Å². The molecule has 0 bridgehead atoms. The Morgan fingerprint density at radius 2 is 1.94 bits per heavy atom. The molecule has 2 heterocycles. The van der Waals surface area contributed by atoms with Gasteiger partial charge in [0.25, 0.3) is 0 Å². The summed E-state index contributed by atoms with van der Waals surface area (Å²) in [5.74, 6) is 1.18. The van der Waals surface area contributed by atoms with E-state index in [0.29, 0.717) is 0 Å². The Morgan fingerprint density at radius 3 is 2.78 bits per heavy atom. The van der Waals surface area contributed by atoms with E-state index in [2.05, 4.69) is 41.3 Å². The van der Waals surface area contributed by atoms with Gasteiger partial charge in [0.05, 0.1) is 6.26 Å². The molecule has 2 nitrogen and oxygen atoms in total. The first-order chi connectivity index (χ1) is 8.42. The number of hydrogen-bond acceptors (Lipinski definition) is 2. The van der Waals surface area contributed by atoms with Crippen molar-refractivity contribution in [2.24, 2.45) is 0 Å². The minimum atomic E-state index is 0. The summed E-state index contributed by atoms with van der Waals surface area (Å²) in [6.07, 6.45) is 4.00. The van der Waals surface area contributed by atoms with Gasteiger partial charge in [-0.2, -0.15) is 0 Å². The van der Waals surface area contributed by atoms with Gasteiger partial charge in [-0.15, -0.1) is 12.4 Å². The Kier molecular flexibility index (Phi) is 4.45. The van der Waals surface area contributed by atoms with Gasteiger partial charge in [-0.3, -0.25) is 4.90 Å². The van der Waals surface area contributed by atoms with Gasteiger partial charge in [0.1, 0.15) is 5.76 Å². The fraction of sp³-hybridized carbons (Fsp3) is 0.333. The van der Waals surface area contributed by atoms with Crippen molar-refractivity contribution in [1.82, 2.24) is 4.90 Å². The first-order valence-corrected chi connectivity index (χ1v) is 6.23. The molecule has 3 rings (SSSR count). The Morgan fingerprint density at radius 1 is 1.11 bits per heavy atom. The number of fused-ring (bicyclic) bond motifs is 1.